The molecule has 20 heteroatoms. The van der Waals surface area contributed by atoms with Gasteiger partial charge < -0.3 is 97.7 Å². The first-order valence-electron chi connectivity index (χ1n) is 17.9. The van der Waals surface area contributed by atoms with E-state index in [0.717, 1.165) is 0 Å². The first kappa shape index (κ1) is 52.2. The minimum absolute atomic E-state index is 0.0124. The van der Waals surface area contributed by atoms with E-state index in [1.165, 1.54) is 0 Å². The molecule has 0 aliphatic rings. The van der Waals surface area contributed by atoms with Gasteiger partial charge in [0.1, 0.15) is 24.4 Å². The van der Waals surface area contributed by atoms with Gasteiger partial charge in [-0.15, -0.1) is 0 Å². The van der Waals surface area contributed by atoms with Crippen molar-refractivity contribution in [2.45, 2.75) is 24.4 Å². The van der Waals surface area contributed by atoms with Crippen LogP contribution in [-0.4, -0.2) is 250 Å². The number of hydrogen-bond acceptors (Lipinski definition) is 20. The maximum Gasteiger partial charge on any atom is 0.104 e. The van der Waals surface area contributed by atoms with Gasteiger partial charge in [0.05, 0.1) is 190 Å². The van der Waals surface area contributed by atoms with Gasteiger partial charge in [0.2, 0.25) is 0 Å². The molecule has 0 spiro atoms. The van der Waals surface area contributed by atoms with Crippen molar-refractivity contribution in [3.05, 3.63) is 0 Å². The molecule has 0 saturated carbocycles. The number of rotatable bonds is 44. The molecule has 4 atom stereocenters. The highest BCUT2D eigenvalue weighted by atomic mass is 16.6. The standard InChI is InChI=1S/C33H68O20/c34-1-9-42-17-29(50-13-5-38)21-46-25-33(26-47-22-30(51-14-6-39)18-43-10-2-35,27-48-23-31(52-15-7-40)19-44-11-3-36)28-49-24-32(53-16-8-41)20-45-12-4-37/h29-32,34-41H,1-28H2. The lowest BCUT2D eigenvalue weighted by atomic mass is 9.92. The molecule has 0 aliphatic heterocycles. The Hall–Kier alpha value is -0.800. The van der Waals surface area contributed by atoms with Gasteiger partial charge >= 0.3 is 0 Å². The summed E-state index contributed by atoms with van der Waals surface area (Å²) in [4.78, 5) is 0. The zero-order valence-electron chi connectivity index (χ0n) is 31.1. The van der Waals surface area contributed by atoms with Crippen molar-refractivity contribution in [2.75, 3.05) is 185 Å². The van der Waals surface area contributed by atoms with Gasteiger partial charge in [0, 0.05) is 0 Å². The van der Waals surface area contributed by atoms with E-state index in [1.54, 1.807) is 0 Å². The topological polar surface area (TPSA) is 273 Å². The summed E-state index contributed by atoms with van der Waals surface area (Å²) in [7, 11) is 0. The third-order valence-electron chi connectivity index (χ3n) is 6.78. The summed E-state index contributed by atoms with van der Waals surface area (Å²) in [5.41, 5.74) is -1.03. The third-order valence-corrected chi connectivity index (χ3v) is 6.78. The Kier molecular flexibility index (Phi) is 38.8. The van der Waals surface area contributed by atoms with Crippen LogP contribution in [0.25, 0.3) is 0 Å². The third kappa shape index (κ3) is 31.0. The van der Waals surface area contributed by atoms with Crippen molar-refractivity contribution < 1.29 is 97.7 Å². The van der Waals surface area contributed by atoms with Gasteiger partial charge in [0.25, 0.3) is 0 Å². The van der Waals surface area contributed by atoms with E-state index in [4.69, 9.17) is 77.3 Å². The molecular weight excluding hydrogens is 716 g/mol. The molecule has 0 rings (SSSR count). The average Bonchev–Trinajstić information content (AvgIpc) is 3.16. The minimum atomic E-state index is -1.03. The van der Waals surface area contributed by atoms with Gasteiger partial charge in [-0.1, -0.05) is 0 Å². The molecule has 0 saturated heterocycles. The molecule has 4 unspecified atom stereocenters. The zero-order valence-corrected chi connectivity index (χ0v) is 31.1. The first-order valence-corrected chi connectivity index (χ1v) is 17.9. The van der Waals surface area contributed by atoms with Crippen LogP contribution >= 0.6 is 0 Å². The molecule has 0 aromatic rings. The second kappa shape index (κ2) is 39.4. The van der Waals surface area contributed by atoms with Crippen LogP contribution in [0.15, 0.2) is 0 Å². The van der Waals surface area contributed by atoms with E-state index in [1.807, 2.05) is 0 Å². The number of hydrogen-bond donors (Lipinski definition) is 8. The van der Waals surface area contributed by atoms with E-state index in [-0.39, 0.29) is 185 Å². The van der Waals surface area contributed by atoms with Crippen molar-refractivity contribution in [1.82, 2.24) is 0 Å². The van der Waals surface area contributed by atoms with E-state index < -0.39 is 29.8 Å². The van der Waals surface area contributed by atoms with Crippen molar-refractivity contribution in [2.24, 2.45) is 5.41 Å². The largest absolute Gasteiger partial charge is 0.394 e. The molecule has 0 aromatic carbocycles. The van der Waals surface area contributed by atoms with Crippen molar-refractivity contribution in [3.8, 4) is 0 Å². The van der Waals surface area contributed by atoms with E-state index in [0.29, 0.717) is 0 Å². The summed E-state index contributed by atoms with van der Waals surface area (Å²) in [6.45, 7) is -0.727. The highest BCUT2D eigenvalue weighted by Crippen LogP contribution is 2.22. The molecular formula is C33H68O20. The SMILES string of the molecule is OCCOCC(COCC(COCC(COCCO)OCCO)(COCC(COCCO)OCCO)COCC(COCCO)OCCO)OCCO. The summed E-state index contributed by atoms with van der Waals surface area (Å²) in [5, 5.41) is 73.7. The van der Waals surface area contributed by atoms with E-state index in [9.17, 15) is 20.4 Å². The fraction of sp³-hybridized carbons (Fsp3) is 1.00. The van der Waals surface area contributed by atoms with Crippen LogP contribution in [0.1, 0.15) is 0 Å². The lowest BCUT2D eigenvalue weighted by molar-refractivity contribution is -0.154. The number of aliphatic hydroxyl groups excluding tert-OH is 8. The molecule has 0 fully saturated rings. The average molecular weight is 785 g/mol. The summed E-state index contributed by atoms with van der Waals surface area (Å²) in [6.07, 6.45) is -2.36. The van der Waals surface area contributed by atoms with Gasteiger partial charge in [-0.2, -0.15) is 0 Å². The summed E-state index contributed by atoms with van der Waals surface area (Å²) in [6, 6.07) is 0. The molecule has 0 heterocycles. The van der Waals surface area contributed by atoms with Crippen LogP contribution in [0, 0.1) is 5.41 Å². The van der Waals surface area contributed by atoms with Crippen LogP contribution in [0.2, 0.25) is 0 Å². The second-order valence-electron chi connectivity index (χ2n) is 11.6. The quantitative estimate of drug-likeness (QED) is 0.0271. The zero-order chi connectivity index (χ0) is 39.1. The highest BCUT2D eigenvalue weighted by Gasteiger charge is 2.34. The van der Waals surface area contributed by atoms with Crippen LogP contribution in [-0.2, 0) is 56.8 Å². The van der Waals surface area contributed by atoms with Gasteiger partial charge in [-0.3, -0.25) is 0 Å². The molecule has 20 nitrogen and oxygen atoms in total. The predicted molar refractivity (Wildman–Crippen MR) is 185 cm³/mol. The van der Waals surface area contributed by atoms with E-state index >= 15 is 0 Å². The maximum atomic E-state index is 9.30. The molecule has 0 amide bonds. The van der Waals surface area contributed by atoms with Gasteiger partial charge in [0.15, 0.2) is 0 Å². The molecule has 320 valence electrons. The van der Waals surface area contributed by atoms with Gasteiger partial charge in [-0.25, -0.2) is 0 Å². The van der Waals surface area contributed by atoms with Crippen LogP contribution in [0.4, 0.5) is 0 Å². The lowest BCUT2D eigenvalue weighted by Gasteiger charge is -2.35. The number of ether oxygens (including phenoxy) is 12. The lowest BCUT2D eigenvalue weighted by Crippen LogP contribution is -2.45. The highest BCUT2D eigenvalue weighted by molar-refractivity contribution is 4.81. The Bertz CT molecular complexity index is 611. The molecule has 0 bridgehead atoms. The molecule has 0 aliphatic carbocycles. The smallest absolute Gasteiger partial charge is 0.104 e. The Morgan fingerprint density at radius 1 is 0.264 bits per heavy atom. The maximum absolute atomic E-state index is 9.30. The van der Waals surface area contributed by atoms with E-state index in [2.05, 4.69) is 0 Å². The second-order valence-corrected chi connectivity index (χ2v) is 11.6. The molecule has 0 radical (unpaired) electrons. The summed E-state index contributed by atoms with van der Waals surface area (Å²) < 4.78 is 69.0. The first-order chi connectivity index (χ1) is 26.0. The molecule has 0 aromatic heterocycles. The Morgan fingerprint density at radius 3 is 0.642 bits per heavy atom. The van der Waals surface area contributed by atoms with Crippen molar-refractivity contribution in [3.63, 3.8) is 0 Å². The van der Waals surface area contributed by atoms with Crippen LogP contribution < -0.4 is 0 Å². The number of aliphatic hydroxyl groups is 8. The summed E-state index contributed by atoms with van der Waals surface area (Å²) >= 11 is 0. The fourth-order valence-corrected chi connectivity index (χ4v) is 4.45. The normalized spacial score (nSPS) is 15.4. The Labute approximate surface area is 312 Å². The minimum Gasteiger partial charge on any atom is -0.394 e. The van der Waals surface area contributed by atoms with Gasteiger partial charge in [-0.05, 0) is 0 Å². The van der Waals surface area contributed by atoms with Crippen LogP contribution in [0.3, 0.4) is 0 Å². The van der Waals surface area contributed by atoms with Crippen molar-refractivity contribution in [1.29, 1.82) is 0 Å². The molecule has 53 heavy (non-hydrogen) atoms. The fourth-order valence-electron chi connectivity index (χ4n) is 4.45. The monoisotopic (exact) mass is 784 g/mol. The van der Waals surface area contributed by atoms with Crippen LogP contribution in [0.5, 0.6) is 0 Å². The summed E-state index contributed by atoms with van der Waals surface area (Å²) in [5.74, 6) is 0. The Balaban J connectivity index is 6.20. The molecule has 8 N–H and O–H groups in total. The van der Waals surface area contributed by atoms with Crippen molar-refractivity contribution >= 4 is 0 Å². The Morgan fingerprint density at radius 2 is 0.453 bits per heavy atom. The predicted octanol–water partition coefficient (Wildman–Crippen LogP) is -4.42.